The molecule has 0 unspecified atom stereocenters. The molecule has 10 heteroatoms. The van der Waals surface area contributed by atoms with E-state index in [4.69, 9.17) is 16.3 Å². The van der Waals surface area contributed by atoms with Crippen LogP contribution in [0, 0.1) is 17.5 Å². The van der Waals surface area contributed by atoms with E-state index in [0.29, 0.717) is 6.07 Å². The number of anilines is 1. The number of amides is 1. The summed E-state index contributed by atoms with van der Waals surface area (Å²) < 4.78 is 51.5. The van der Waals surface area contributed by atoms with Crippen LogP contribution < -0.4 is 9.46 Å². The van der Waals surface area contributed by atoms with Gasteiger partial charge in [0.15, 0.2) is 0 Å². The molecule has 1 aliphatic rings. The Morgan fingerprint density at radius 2 is 1.88 bits per heavy atom. The third-order valence-electron chi connectivity index (χ3n) is 4.87. The van der Waals surface area contributed by atoms with Crippen molar-refractivity contribution >= 4 is 35.1 Å². The third kappa shape index (κ3) is 4.31. The number of likely N-dealkylation sites (N-methyl/N-ethyl adjacent to an activating group) is 1. The first-order chi connectivity index (χ1) is 15.2. The van der Waals surface area contributed by atoms with Crippen LogP contribution >= 0.6 is 23.5 Å². The Morgan fingerprint density at radius 1 is 1.09 bits per heavy atom. The van der Waals surface area contributed by atoms with Crippen LogP contribution in [0.15, 0.2) is 47.4 Å². The molecule has 5 nitrogen and oxygen atoms in total. The lowest BCUT2D eigenvalue weighted by atomic mass is 10.0. The second-order valence-electron chi connectivity index (χ2n) is 7.04. The fraction of sp³-hybridized carbons (Fsp3) is 0.136. The normalized spacial score (nSPS) is 14.0. The van der Waals surface area contributed by atoms with Gasteiger partial charge in [0.1, 0.15) is 35.6 Å². The molecule has 1 aliphatic heterocycles. The number of phenolic OH excluding ortho intramolecular Hbond substituents is 1. The van der Waals surface area contributed by atoms with Crippen molar-refractivity contribution in [2.24, 2.45) is 0 Å². The summed E-state index contributed by atoms with van der Waals surface area (Å²) in [5.41, 5.74) is 0.0863. The molecule has 4 rings (SSSR count). The molecule has 2 N–H and O–H groups in total. The van der Waals surface area contributed by atoms with Gasteiger partial charge in [0.25, 0.3) is 5.91 Å². The van der Waals surface area contributed by atoms with E-state index in [2.05, 4.69) is 4.72 Å². The molecule has 0 spiro atoms. The van der Waals surface area contributed by atoms with Crippen molar-refractivity contribution in [2.45, 2.75) is 4.90 Å². The third-order valence-corrected chi connectivity index (χ3v) is 6.01. The van der Waals surface area contributed by atoms with Crippen LogP contribution in [-0.4, -0.2) is 36.1 Å². The van der Waals surface area contributed by atoms with Gasteiger partial charge in [-0.2, -0.15) is 0 Å². The summed E-state index contributed by atoms with van der Waals surface area (Å²) >= 11 is 6.86. The number of ether oxygens (including phenoxy) is 1. The van der Waals surface area contributed by atoms with Gasteiger partial charge in [-0.05, 0) is 48.3 Å². The molecule has 4 bridgehead atoms. The van der Waals surface area contributed by atoms with Gasteiger partial charge in [0.2, 0.25) is 0 Å². The van der Waals surface area contributed by atoms with E-state index in [1.807, 2.05) is 0 Å². The number of hydrogen-bond acceptors (Lipinski definition) is 5. The quantitative estimate of drug-likeness (QED) is 0.403. The van der Waals surface area contributed by atoms with E-state index in [1.54, 1.807) is 7.05 Å². The lowest BCUT2D eigenvalue weighted by molar-refractivity contribution is 0.0773. The number of hydrogen-bond donors (Lipinski definition) is 2. The van der Waals surface area contributed by atoms with Gasteiger partial charge in [-0.25, -0.2) is 13.2 Å². The number of aromatic hydroxyl groups is 1. The molecule has 0 aliphatic carbocycles. The van der Waals surface area contributed by atoms with Crippen LogP contribution in [0.4, 0.5) is 18.9 Å². The Kier molecular flexibility index (Phi) is 6.12. The van der Waals surface area contributed by atoms with E-state index >= 15 is 0 Å². The van der Waals surface area contributed by atoms with E-state index in [0.717, 1.165) is 24.1 Å². The van der Waals surface area contributed by atoms with Crippen LogP contribution in [0.3, 0.4) is 0 Å². The standard InChI is InChI=1S/C22H16ClF3N2O3S/c1-28-4-5-31-19-3-2-12(24)8-14(19)13-9-18(17(26)10-16(13)25)27-32-20-7-11(22(28)30)6-15(23)21(20)29/h2-3,6-10,27,29H,4-5H2,1H3. The second-order valence-corrected chi connectivity index (χ2v) is 8.29. The first-order valence-corrected chi connectivity index (χ1v) is 10.6. The van der Waals surface area contributed by atoms with Crippen molar-refractivity contribution in [1.82, 2.24) is 4.90 Å². The van der Waals surface area contributed by atoms with Gasteiger partial charge >= 0.3 is 0 Å². The highest BCUT2D eigenvalue weighted by Gasteiger charge is 2.20. The minimum absolute atomic E-state index is 0.0300. The van der Waals surface area contributed by atoms with Crippen molar-refractivity contribution in [3.8, 4) is 22.6 Å². The Hall–Kier alpha value is -3.04. The lowest BCUT2D eigenvalue weighted by Gasteiger charge is -2.19. The highest BCUT2D eigenvalue weighted by atomic mass is 35.5. The molecule has 0 fully saturated rings. The molecule has 0 radical (unpaired) electrons. The average molecular weight is 481 g/mol. The van der Waals surface area contributed by atoms with Gasteiger partial charge in [0.05, 0.1) is 22.2 Å². The highest BCUT2D eigenvalue weighted by molar-refractivity contribution is 8.00. The maximum Gasteiger partial charge on any atom is 0.253 e. The minimum Gasteiger partial charge on any atom is -0.505 e. The number of nitrogens with zero attached hydrogens (tertiary/aromatic N) is 1. The van der Waals surface area contributed by atoms with Crippen molar-refractivity contribution in [1.29, 1.82) is 0 Å². The molecular weight excluding hydrogens is 465 g/mol. The summed E-state index contributed by atoms with van der Waals surface area (Å²) in [5, 5.41) is 10.2. The zero-order valence-electron chi connectivity index (χ0n) is 16.6. The van der Waals surface area contributed by atoms with Crippen molar-refractivity contribution < 1.29 is 27.8 Å². The van der Waals surface area contributed by atoms with Gasteiger partial charge in [-0.3, -0.25) is 4.79 Å². The van der Waals surface area contributed by atoms with Crippen LogP contribution in [0.25, 0.3) is 11.1 Å². The summed E-state index contributed by atoms with van der Waals surface area (Å²) in [6, 6.07) is 8.18. The Bertz CT molecular complexity index is 1230. The molecule has 166 valence electrons. The molecule has 1 heterocycles. The number of nitrogens with one attached hydrogen (secondary N) is 1. The van der Waals surface area contributed by atoms with Gasteiger partial charge in [-0.15, -0.1) is 0 Å². The molecular formula is C22H16ClF3N2O3S. The van der Waals surface area contributed by atoms with Gasteiger partial charge in [0, 0.05) is 29.8 Å². The van der Waals surface area contributed by atoms with Crippen molar-refractivity contribution in [3.05, 3.63) is 70.5 Å². The van der Waals surface area contributed by atoms with Crippen LogP contribution in [0.2, 0.25) is 5.02 Å². The largest absolute Gasteiger partial charge is 0.505 e. The summed E-state index contributed by atoms with van der Waals surface area (Å²) in [5.74, 6) is -2.94. The zero-order valence-corrected chi connectivity index (χ0v) is 18.2. The fourth-order valence-electron chi connectivity index (χ4n) is 3.17. The molecule has 0 saturated carbocycles. The fourth-order valence-corrected chi connectivity index (χ4v) is 4.22. The van der Waals surface area contributed by atoms with E-state index < -0.39 is 17.5 Å². The van der Waals surface area contributed by atoms with E-state index in [-0.39, 0.29) is 62.9 Å². The first kappa shape index (κ1) is 22.2. The van der Waals surface area contributed by atoms with Gasteiger partial charge in [-0.1, -0.05) is 11.6 Å². The Morgan fingerprint density at radius 3 is 2.66 bits per heavy atom. The Labute approximate surface area is 190 Å². The predicted molar refractivity (Wildman–Crippen MR) is 117 cm³/mol. The number of carbonyl (C=O) groups excluding carboxylic acids is 1. The SMILES string of the molecule is CN1CCOc2ccc(F)cc2-c2cc(c(F)cc2F)NSc2cc(cc(Cl)c2O)C1=O. The van der Waals surface area contributed by atoms with Gasteiger partial charge < -0.3 is 19.5 Å². The monoisotopic (exact) mass is 480 g/mol. The summed E-state index contributed by atoms with van der Waals surface area (Å²) in [7, 11) is 1.55. The van der Waals surface area contributed by atoms with E-state index in [1.165, 1.54) is 29.2 Å². The number of phenols is 1. The summed E-state index contributed by atoms with van der Waals surface area (Å²) in [4.78, 5) is 14.3. The molecule has 0 aromatic heterocycles. The molecule has 32 heavy (non-hydrogen) atoms. The Balaban J connectivity index is 1.85. The van der Waals surface area contributed by atoms with Crippen molar-refractivity contribution in [2.75, 3.05) is 24.9 Å². The molecule has 0 saturated heterocycles. The number of rotatable bonds is 0. The smallest absolute Gasteiger partial charge is 0.253 e. The lowest BCUT2D eigenvalue weighted by Crippen LogP contribution is -2.31. The van der Waals surface area contributed by atoms with Crippen molar-refractivity contribution in [3.63, 3.8) is 0 Å². The zero-order chi connectivity index (χ0) is 23.0. The second kappa shape index (κ2) is 8.84. The molecule has 1 amide bonds. The molecule has 3 aromatic carbocycles. The predicted octanol–water partition coefficient (Wildman–Crippen LogP) is 5.71. The molecule has 3 aromatic rings. The van der Waals surface area contributed by atoms with Crippen LogP contribution in [0.1, 0.15) is 10.4 Å². The maximum absolute atomic E-state index is 14.7. The summed E-state index contributed by atoms with van der Waals surface area (Å²) in [6.07, 6.45) is 0. The first-order valence-electron chi connectivity index (χ1n) is 9.37. The molecule has 0 atom stereocenters. The number of fused-ring (bicyclic) bond motifs is 6. The highest BCUT2D eigenvalue weighted by Crippen LogP contribution is 2.39. The number of carbonyl (C=O) groups is 1. The average Bonchev–Trinajstić information content (AvgIpc) is 2.75. The van der Waals surface area contributed by atoms with Crippen LogP contribution in [0.5, 0.6) is 11.5 Å². The number of halogens is 4. The summed E-state index contributed by atoms with van der Waals surface area (Å²) in [6.45, 7) is 0.189. The number of benzene rings is 3. The van der Waals surface area contributed by atoms with E-state index in [9.17, 15) is 23.1 Å². The maximum atomic E-state index is 14.7. The minimum atomic E-state index is -0.905. The topological polar surface area (TPSA) is 61.8 Å². The van der Waals surface area contributed by atoms with Crippen LogP contribution in [-0.2, 0) is 0 Å².